The van der Waals surface area contributed by atoms with Gasteiger partial charge in [-0.25, -0.2) is 0 Å². The molecule has 4 fully saturated rings. The molecule has 5 unspecified atom stereocenters. The number of aliphatic hydroxyl groups is 1. The predicted molar refractivity (Wildman–Crippen MR) is 86.9 cm³/mol. The van der Waals surface area contributed by atoms with Gasteiger partial charge in [0.1, 0.15) is 0 Å². The van der Waals surface area contributed by atoms with Crippen molar-refractivity contribution in [3.05, 3.63) is 0 Å². The lowest BCUT2D eigenvalue weighted by Gasteiger charge is -2.60. The van der Waals surface area contributed by atoms with Gasteiger partial charge in [0.05, 0.1) is 6.10 Å². The van der Waals surface area contributed by atoms with Gasteiger partial charge in [-0.1, -0.05) is 27.2 Å². The molecule has 0 saturated heterocycles. The van der Waals surface area contributed by atoms with E-state index in [-0.39, 0.29) is 11.5 Å². The van der Waals surface area contributed by atoms with Gasteiger partial charge in [0, 0.05) is 0 Å². The number of aliphatic hydroxyl groups excluding tert-OH is 1. The molecule has 0 aromatic carbocycles. The van der Waals surface area contributed by atoms with E-state index in [1.807, 2.05) is 0 Å². The molecule has 1 N–H and O–H groups in total. The molecule has 0 amide bonds. The summed E-state index contributed by atoms with van der Waals surface area (Å²) in [5.74, 6) is 4.67. The van der Waals surface area contributed by atoms with Crippen molar-refractivity contribution in [2.24, 2.45) is 40.4 Å². The van der Waals surface area contributed by atoms with E-state index in [2.05, 4.69) is 20.8 Å². The molecule has 21 heavy (non-hydrogen) atoms. The van der Waals surface area contributed by atoms with E-state index < -0.39 is 0 Å². The second kappa shape index (κ2) is 4.73. The summed E-state index contributed by atoms with van der Waals surface area (Å²) in [5.41, 5.74) is 0.886. The van der Waals surface area contributed by atoms with E-state index in [4.69, 9.17) is 0 Å². The molecule has 0 aromatic heterocycles. The van der Waals surface area contributed by atoms with E-state index >= 15 is 0 Å². The van der Waals surface area contributed by atoms with Gasteiger partial charge >= 0.3 is 0 Å². The minimum atomic E-state index is -0.0136. The average Bonchev–Trinajstić information content (AvgIpc) is 2.76. The maximum absolute atomic E-state index is 10.5. The number of rotatable bonds is 0. The summed E-state index contributed by atoms with van der Waals surface area (Å²) >= 11 is 0. The number of hydrogen-bond acceptors (Lipinski definition) is 1. The van der Waals surface area contributed by atoms with Crippen LogP contribution in [0.15, 0.2) is 0 Å². The molecule has 1 heteroatoms. The molecule has 4 rings (SSSR count). The predicted octanol–water partition coefficient (Wildman–Crippen LogP) is 5.03. The molecule has 0 spiro atoms. The first kappa shape index (κ1) is 14.5. The van der Waals surface area contributed by atoms with Crippen molar-refractivity contribution in [1.82, 2.24) is 0 Å². The Morgan fingerprint density at radius 2 is 1.52 bits per heavy atom. The molecule has 8 atom stereocenters. The molecule has 4 aliphatic rings. The SMILES string of the molecule is C[C@H]1CC[C@@]2(C)C(CCC3C2CC[C@]2(C)C(O)CCC32)C1. The largest absolute Gasteiger partial charge is 0.393 e. The third kappa shape index (κ3) is 1.92. The van der Waals surface area contributed by atoms with Crippen molar-refractivity contribution in [3.63, 3.8) is 0 Å². The number of fused-ring (bicyclic) bond motifs is 5. The van der Waals surface area contributed by atoms with E-state index in [0.717, 1.165) is 36.0 Å². The van der Waals surface area contributed by atoms with Gasteiger partial charge in [-0.3, -0.25) is 0 Å². The first-order valence-corrected chi connectivity index (χ1v) is 9.63. The van der Waals surface area contributed by atoms with Gasteiger partial charge in [0.2, 0.25) is 0 Å². The highest BCUT2D eigenvalue weighted by atomic mass is 16.3. The monoisotopic (exact) mass is 290 g/mol. The highest BCUT2D eigenvalue weighted by Crippen LogP contribution is 2.66. The summed E-state index contributed by atoms with van der Waals surface area (Å²) < 4.78 is 0. The van der Waals surface area contributed by atoms with Crippen LogP contribution in [0.1, 0.15) is 78.6 Å². The fourth-order valence-corrected chi connectivity index (χ4v) is 7.44. The molecule has 1 nitrogen and oxygen atoms in total. The Kier molecular flexibility index (Phi) is 3.27. The Hall–Kier alpha value is -0.0400. The maximum Gasteiger partial charge on any atom is 0.0596 e. The first-order chi connectivity index (χ1) is 9.95. The van der Waals surface area contributed by atoms with Crippen LogP contribution < -0.4 is 0 Å². The molecule has 0 aromatic rings. The quantitative estimate of drug-likeness (QED) is 0.663. The molecule has 0 bridgehead atoms. The van der Waals surface area contributed by atoms with Gasteiger partial charge < -0.3 is 5.11 Å². The van der Waals surface area contributed by atoms with Crippen molar-refractivity contribution >= 4 is 0 Å². The highest BCUT2D eigenvalue weighted by Gasteiger charge is 2.59. The van der Waals surface area contributed by atoms with Gasteiger partial charge in [-0.15, -0.1) is 0 Å². The second-order valence-electron chi connectivity index (χ2n) is 9.67. The topological polar surface area (TPSA) is 20.2 Å². The van der Waals surface area contributed by atoms with E-state index in [1.54, 1.807) is 0 Å². The maximum atomic E-state index is 10.5. The third-order valence-electron chi connectivity index (χ3n) is 8.88. The standard InChI is InChI=1S/C20H34O/c1-13-8-10-19(2)14(12-13)4-5-15-16-6-7-18(21)20(16,3)11-9-17(15)19/h13-18,21H,4-12H2,1-3H3/t13-,14?,15?,16?,17?,18?,19-,20-/m0/s1. The van der Waals surface area contributed by atoms with Gasteiger partial charge in [-0.2, -0.15) is 0 Å². The summed E-state index contributed by atoms with van der Waals surface area (Å²) in [6.45, 7) is 7.52. The summed E-state index contributed by atoms with van der Waals surface area (Å²) in [7, 11) is 0. The van der Waals surface area contributed by atoms with Crippen LogP contribution in [0.2, 0.25) is 0 Å². The zero-order valence-corrected chi connectivity index (χ0v) is 14.3. The van der Waals surface area contributed by atoms with E-state index in [9.17, 15) is 5.11 Å². The van der Waals surface area contributed by atoms with Crippen LogP contribution in [-0.4, -0.2) is 11.2 Å². The van der Waals surface area contributed by atoms with E-state index in [1.165, 1.54) is 51.4 Å². The van der Waals surface area contributed by atoms with Crippen LogP contribution in [0.3, 0.4) is 0 Å². The Bertz CT molecular complexity index is 418. The highest BCUT2D eigenvalue weighted by molar-refractivity contribution is 5.09. The molecule has 0 radical (unpaired) electrons. The summed E-state index contributed by atoms with van der Waals surface area (Å²) in [5, 5.41) is 10.5. The van der Waals surface area contributed by atoms with Crippen molar-refractivity contribution in [1.29, 1.82) is 0 Å². The van der Waals surface area contributed by atoms with Crippen molar-refractivity contribution in [2.45, 2.75) is 84.7 Å². The van der Waals surface area contributed by atoms with Crippen LogP contribution >= 0.6 is 0 Å². The van der Waals surface area contributed by atoms with E-state index in [0.29, 0.717) is 5.41 Å². The molecular weight excluding hydrogens is 256 g/mol. The Balaban J connectivity index is 1.62. The van der Waals surface area contributed by atoms with Crippen LogP contribution in [0.25, 0.3) is 0 Å². The molecule has 4 aliphatic carbocycles. The normalized spacial score (nSPS) is 60.0. The third-order valence-corrected chi connectivity index (χ3v) is 8.88. The van der Waals surface area contributed by atoms with Crippen LogP contribution in [0.4, 0.5) is 0 Å². The lowest BCUT2D eigenvalue weighted by molar-refractivity contribution is -0.125. The smallest absolute Gasteiger partial charge is 0.0596 e. The molecular formula is C20H34O. The van der Waals surface area contributed by atoms with Crippen LogP contribution in [-0.2, 0) is 0 Å². The zero-order valence-electron chi connectivity index (χ0n) is 14.3. The second-order valence-corrected chi connectivity index (χ2v) is 9.67. The van der Waals surface area contributed by atoms with Crippen molar-refractivity contribution < 1.29 is 5.11 Å². The summed E-state index contributed by atoms with van der Waals surface area (Å²) in [6.07, 6.45) is 12.4. The fraction of sp³-hybridized carbons (Fsp3) is 1.00. The van der Waals surface area contributed by atoms with Gasteiger partial charge in [0.25, 0.3) is 0 Å². The van der Waals surface area contributed by atoms with Crippen LogP contribution in [0, 0.1) is 40.4 Å². The minimum absolute atomic E-state index is 0.0136. The average molecular weight is 290 g/mol. The van der Waals surface area contributed by atoms with Crippen molar-refractivity contribution in [3.8, 4) is 0 Å². The number of hydrogen-bond donors (Lipinski definition) is 1. The summed E-state index contributed by atoms with van der Waals surface area (Å²) in [4.78, 5) is 0. The molecule has 4 saturated carbocycles. The van der Waals surface area contributed by atoms with Crippen molar-refractivity contribution in [2.75, 3.05) is 0 Å². The zero-order chi connectivity index (χ0) is 14.8. The lowest BCUT2D eigenvalue weighted by Crippen LogP contribution is -2.53. The lowest BCUT2D eigenvalue weighted by atomic mass is 9.44. The van der Waals surface area contributed by atoms with Gasteiger partial charge in [0.15, 0.2) is 0 Å². The Labute approximate surface area is 130 Å². The van der Waals surface area contributed by atoms with Crippen LogP contribution in [0.5, 0.6) is 0 Å². The molecule has 0 aliphatic heterocycles. The minimum Gasteiger partial charge on any atom is -0.393 e. The Morgan fingerprint density at radius 1 is 0.810 bits per heavy atom. The fourth-order valence-electron chi connectivity index (χ4n) is 7.44. The van der Waals surface area contributed by atoms with Gasteiger partial charge in [-0.05, 0) is 91.8 Å². The summed E-state index contributed by atoms with van der Waals surface area (Å²) in [6, 6.07) is 0. The molecule has 0 heterocycles. The molecule has 120 valence electrons. The first-order valence-electron chi connectivity index (χ1n) is 9.63. The Morgan fingerprint density at radius 3 is 2.33 bits per heavy atom.